The molecular formula is C9H10ClN3O2S2. The molecule has 0 aliphatic heterocycles. The van der Waals surface area contributed by atoms with Crippen LogP contribution >= 0.6 is 23.4 Å². The van der Waals surface area contributed by atoms with Crippen LogP contribution in [0, 0.1) is 12.3 Å². The van der Waals surface area contributed by atoms with Gasteiger partial charge in [-0.25, -0.2) is 23.1 Å². The Balaban J connectivity index is 2.52. The maximum absolute atomic E-state index is 11.7. The van der Waals surface area contributed by atoms with Crippen molar-refractivity contribution < 1.29 is 8.42 Å². The van der Waals surface area contributed by atoms with Crippen LogP contribution in [-0.2, 0) is 10.0 Å². The lowest BCUT2D eigenvalue weighted by Gasteiger charge is -2.05. The van der Waals surface area contributed by atoms with E-state index in [1.165, 1.54) is 11.8 Å². The van der Waals surface area contributed by atoms with E-state index in [4.69, 9.17) is 18.0 Å². The Morgan fingerprint density at radius 3 is 2.71 bits per heavy atom. The topological polar surface area (TPSA) is 72.0 Å². The molecule has 8 heteroatoms. The Morgan fingerprint density at radius 1 is 1.47 bits per heavy atom. The molecule has 92 valence electrons. The quantitative estimate of drug-likeness (QED) is 0.476. The first kappa shape index (κ1) is 14.3. The van der Waals surface area contributed by atoms with Gasteiger partial charge in [-0.2, -0.15) is 0 Å². The summed E-state index contributed by atoms with van der Waals surface area (Å²) in [6, 6.07) is 0. The monoisotopic (exact) mass is 291 g/mol. The molecule has 0 aromatic carbocycles. The first-order chi connectivity index (χ1) is 8.06. The van der Waals surface area contributed by atoms with Crippen LogP contribution in [0.5, 0.6) is 0 Å². The second-order valence-corrected chi connectivity index (χ2v) is 6.05. The lowest BCUT2D eigenvalue weighted by Crippen LogP contribution is -2.26. The normalized spacial score (nSPS) is 11.1. The molecule has 1 heterocycles. The molecule has 0 saturated carbocycles. The third-order valence-electron chi connectivity index (χ3n) is 1.63. The maximum Gasteiger partial charge on any atom is 0.243 e. The molecule has 1 aromatic rings. The summed E-state index contributed by atoms with van der Waals surface area (Å²) in [4.78, 5) is 7.20. The zero-order chi connectivity index (χ0) is 12.7. The molecule has 0 aliphatic carbocycles. The first-order valence-electron chi connectivity index (χ1n) is 4.54. The summed E-state index contributed by atoms with van der Waals surface area (Å²) in [5.41, 5.74) is 0. The highest BCUT2D eigenvalue weighted by Gasteiger charge is 2.13. The summed E-state index contributed by atoms with van der Waals surface area (Å²) in [6.07, 6.45) is 7.38. The minimum atomic E-state index is -3.56. The molecule has 0 fully saturated rings. The summed E-state index contributed by atoms with van der Waals surface area (Å²) in [5.74, 6) is 3.62. The van der Waals surface area contributed by atoms with E-state index in [1.807, 2.05) is 0 Å². The predicted octanol–water partition coefficient (Wildman–Crippen LogP) is 0.775. The molecule has 0 atom stereocenters. The van der Waals surface area contributed by atoms with E-state index < -0.39 is 10.0 Å². The van der Waals surface area contributed by atoms with Gasteiger partial charge in [0.25, 0.3) is 0 Å². The number of aromatic nitrogens is 2. The van der Waals surface area contributed by atoms with Crippen molar-refractivity contribution in [1.82, 2.24) is 14.7 Å². The highest BCUT2D eigenvalue weighted by atomic mass is 35.5. The van der Waals surface area contributed by atoms with Crippen molar-refractivity contribution in [3.8, 4) is 12.3 Å². The average Bonchev–Trinajstić information content (AvgIpc) is 2.29. The summed E-state index contributed by atoms with van der Waals surface area (Å²) >= 11 is 6.94. The summed E-state index contributed by atoms with van der Waals surface area (Å²) < 4.78 is 25.8. The van der Waals surface area contributed by atoms with Gasteiger partial charge in [0, 0.05) is 12.3 Å². The maximum atomic E-state index is 11.7. The number of hydrogen-bond acceptors (Lipinski definition) is 5. The minimum Gasteiger partial charge on any atom is -0.225 e. The Morgan fingerprint density at radius 2 is 2.12 bits per heavy atom. The van der Waals surface area contributed by atoms with E-state index in [0.717, 1.165) is 12.4 Å². The van der Waals surface area contributed by atoms with Crippen molar-refractivity contribution in [3.63, 3.8) is 0 Å². The molecule has 0 unspecified atom stereocenters. The molecule has 0 amide bonds. The summed E-state index contributed by atoms with van der Waals surface area (Å²) in [5, 5.41) is 0.00789. The van der Waals surface area contributed by atoms with Gasteiger partial charge in [-0.15, -0.1) is 18.2 Å². The molecule has 0 saturated heterocycles. The lowest BCUT2D eigenvalue weighted by molar-refractivity contribution is 0.583. The second-order valence-electron chi connectivity index (χ2n) is 2.84. The van der Waals surface area contributed by atoms with Gasteiger partial charge in [-0.3, -0.25) is 0 Å². The summed E-state index contributed by atoms with van der Waals surface area (Å²) in [6.45, 7) is 0.303. The molecular weight excluding hydrogens is 282 g/mol. The Labute approximate surface area is 109 Å². The molecule has 1 N–H and O–H groups in total. The average molecular weight is 292 g/mol. The van der Waals surface area contributed by atoms with Gasteiger partial charge in [-0.1, -0.05) is 5.92 Å². The van der Waals surface area contributed by atoms with Crippen molar-refractivity contribution in [3.05, 3.63) is 17.7 Å². The third-order valence-corrected chi connectivity index (χ3v) is 4.11. The Hall–Kier alpha value is -0.810. The molecule has 17 heavy (non-hydrogen) atoms. The number of hydrogen-bond donors (Lipinski definition) is 1. The van der Waals surface area contributed by atoms with E-state index in [9.17, 15) is 8.42 Å². The zero-order valence-corrected chi connectivity index (χ0v) is 11.1. The predicted molar refractivity (Wildman–Crippen MR) is 68.4 cm³/mol. The highest BCUT2D eigenvalue weighted by molar-refractivity contribution is 7.99. The number of rotatable bonds is 6. The molecule has 1 rings (SSSR count). The number of nitrogens with one attached hydrogen (secondary N) is 1. The van der Waals surface area contributed by atoms with Crippen LogP contribution < -0.4 is 4.72 Å². The number of halogens is 1. The van der Waals surface area contributed by atoms with Gasteiger partial charge in [0.2, 0.25) is 15.3 Å². The van der Waals surface area contributed by atoms with Crippen molar-refractivity contribution in [2.24, 2.45) is 0 Å². The molecule has 1 aromatic heterocycles. The van der Waals surface area contributed by atoms with E-state index in [-0.39, 0.29) is 10.2 Å². The largest absolute Gasteiger partial charge is 0.243 e. The van der Waals surface area contributed by atoms with E-state index >= 15 is 0 Å². The zero-order valence-electron chi connectivity index (χ0n) is 8.76. The second kappa shape index (κ2) is 6.81. The van der Waals surface area contributed by atoms with Crippen molar-refractivity contribution in [2.75, 3.05) is 18.1 Å². The van der Waals surface area contributed by atoms with Crippen LogP contribution in [0.15, 0.2) is 17.3 Å². The SMILES string of the molecule is C#CCSCCNS(=O)(=O)c1cnc(Cl)nc1. The molecule has 0 spiro atoms. The third kappa shape index (κ3) is 4.91. The van der Waals surface area contributed by atoms with Crippen LogP contribution in [0.2, 0.25) is 5.28 Å². The van der Waals surface area contributed by atoms with Crippen molar-refractivity contribution >= 4 is 33.4 Å². The van der Waals surface area contributed by atoms with Gasteiger partial charge in [0.05, 0.1) is 18.1 Å². The smallest absolute Gasteiger partial charge is 0.225 e. The first-order valence-corrected chi connectivity index (χ1v) is 7.56. The number of terminal acetylenes is 1. The van der Waals surface area contributed by atoms with E-state index in [0.29, 0.717) is 18.1 Å². The van der Waals surface area contributed by atoms with Crippen LogP contribution in [-0.4, -0.2) is 36.4 Å². The molecule has 0 aliphatic rings. The van der Waals surface area contributed by atoms with Crippen LogP contribution in [0.25, 0.3) is 0 Å². The molecule has 0 radical (unpaired) electrons. The van der Waals surface area contributed by atoms with Crippen molar-refractivity contribution in [2.45, 2.75) is 4.90 Å². The van der Waals surface area contributed by atoms with Gasteiger partial charge in [-0.05, 0) is 11.6 Å². The van der Waals surface area contributed by atoms with Gasteiger partial charge in [0.15, 0.2) is 0 Å². The summed E-state index contributed by atoms with van der Waals surface area (Å²) in [7, 11) is -3.56. The number of thioether (sulfide) groups is 1. The van der Waals surface area contributed by atoms with Crippen molar-refractivity contribution in [1.29, 1.82) is 0 Å². The van der Waals surface area contributed by atoms with Crippen LogP contribution in [0.1, 0.15) is 0 Å². The van der Waals surface area contributed by atoms with Crippen LogP contribution in [0.4, 0.5) is 0 Å². The fraction of sp³-hybridized carbons (Fsp3) is 0.333. The van der Waals surface area contributed by atoms with Crippen LogP contribution in [0.3, 0.4) is 0 Å². The van der Waals surface area contributed by atoms with Gasteiger partial charge in [0.1, 0.15) is 4.90 Å². The van der Waals surface area contributed by atoms with E-state index in [1.54, 1.807) is 0 Å². The van der Waals surface area contributed by atoms with Gasteiger partial charge >= 0.3 is 0 Å². The lowest BCUT2D eigenvalue weighted by atomic mass is 10.7. The number of sulfonamides is 1. The molecule has 5 nitrogen and oxygen atoms in total. The minimum absolute atomic E-state index is 0.00789. The fourth-order valence-corrected chi connectivity index (χ4v) is 2.56. The Kier molecular flexibility index (Phi) is 5.71. The number of nitrogens with zero attached hydrogens (tertiary/aromatic N) is 2. The van der Waals surface area contributed by atoms with E-state index in [2.05, 4.69) is 20.6 Å². The fourth-order valence-electron chi connectivity index (χ4n) is 0.902. The molecule has 0 bridgehead atoms. The Bertz CT molecular complexity index is 496. The van der Waals surface area contributed by atoms with Gasteiger partial charge < -0.3 is 0 Å². The highest BCUT2D eigenvalue weighted by Crippen LogP contribution is 2.07. The standard InChI is InChI=1S/C9H10ClN3O2S2/c1-2-4-16-5-3-13-17(14,15)8-6-11-9(10)12-7-8/h1,6-7,13H,3-5H2.